The van der Waals surface area contributed by atoms with Crippen LogP contribution in [0.5, 0.6) is 0 Å². The molecule has 1 amide bonds. The van der Waals surface area contributed by atoms with Crippen LogP contribution in [-0.4, -0.2) is 38.6 Å². The summed E-state index contributed by atoms with van der Waals surface area (Å²) in [6.07, 6.45) is 0.639. The molecule has 1 saturated heterocycles. The van der Waals surface area contributed by atoms with Crippen molar-refractivity contribution in [2.75, 3.05) is 23.7 Å². The van der Waals surface area contributed by atoms with E-state index in [2.05, 4.69) is 0 Å². The van der Waals surface area contributed by atoms with Gasteiger partial charge in [-0.1, -0.05) is 30.3 Å². The maximum Gasteiger partial charge on any atom is 0.254 e. The highest BCUT2D eigenvalue weighted by Crippen LogP contribution is 2.25. The lowest BCUT2D eigenvalue weighted by Gasteiger charge is -2.25. The molecule has 1 aliphatic heterocycles. The number of sulfonamides is 1. The summed E-state index contributed by atoms with van der Waals surface area (Å²) >= 11 is 0. The highest BCUT2D eigenvalue weighted by molar-refractivity contribution is 7.93. The monoisotopic (exact) mass is 358 g/mol. The molecule has 1 heterocycles. The van der Waals surface area contributed by atoms with E-state index in [9.17, 15) is 13.2 Å². The zero-order valence-corrected chi connectivity index (χ0v) is 15.2. The molecule has 0 spiro atoms. The SMILES string of the molecule is CC(c1ccccc1)N(C)C(=O)c1ccc(N2CCCS2(=O)=O)cc1. The lowest BCUT2D eigenvalue weighted by molar-refractivity contribution is 0.0742. The van der Waals surface area contributed by atoms with Gasteiger partial charge < -0.3 is 4.90 Å². The first-order chi connectivity index (χ1) is 11.9. The molecule has 5 nitrogen and oxygen atoms in total. The van der Waals surface area contributed by atoms with Crippen LogP contribution in [0.2, 0.25) is 0 Å². The Hall–Kier alpha value is -2.34. The van der Waals surface area contributed by atoms with E-state index in [1.54, 1.807) is 36.2 Å². The Kier molecular flexibility index (Phi) is 4.81. The molecule has 2 aromatic carbocycles. The van der Waals surface area contributed by atoms with Crippen molar-refractivity contribution in [1.29, 1.82) is 0 Å². The minimum Gasteiger partial charge on any atom is -0.335 e. The number of carbonyl (C=O) groups is 1. The van der Waals surface area contributed by atoms with Gasteiger partial charge in [0, 0.05) is 19.2 Å². The Morgan fingerprint density at radius 1 is 1.08 bits per heavy atom. The smallest absolute Gasteiger partial charge is 0.254 e. The van der Waals surface area contributed by atoms with Gasteiger partial charge in [0.15, 0.2) is 0 Å². The Morgan fingerprint density at radius 2 is 1.72 bits per heavy atom. The Balaban J connectivity index is 1.77. The number of hydrogen-bond acceptors (Lipinski definition) is 3. The van der Waals surface area contributed by atoms with E-state index in [1.807, 2.05) is 37.3 Å². The van der Waals surface area contributed by atoms with E-state index in [4.69, 9.17) is 0 Å². The van der Waals surface area contributed by atoms with Crippen LogP contribution in [0.4, 0.5) is 5.69 Å². The van der Waals surface area contributed by atoms with E-state index in [0.29, 0.717) is 24.2 Å². The van der Waals surface area contributed by atoms with Gasteiger partial charge in [0.2, 0.25) is 10.0 Å². The number of nitrogens with zero attached hydrogens (tertiary/aromatic N) is 2. The van der Waals surface area contributed by atoms with Crippen molar-refractivity contribution >= 4 is 21.6 Å². The zero-order chi connectivity index (χ0) is 18.0. The zero-order valence-electron chi connectivity index (χ0n) is 14.4. The summed E-state index contributed by atoms with van der Waals surface area (Å²) in [5.74, 6) is 0.0950. The van der Waals surface area contributed by atoms with Gasteiger partial charge in [-0.2, -0.15) is 0 Å². The van der Waals surface area contributed by atoms with Crippen LogP contribution in [0.25, 0.3) is 0 Å². The van der Waals surface area contributed by atoms with Gasteiger partial charge in [-0.15, -0.1) is 0 Å². The normalized spacial score (nSPS) is 17.3. The van der Waals surface area contributed by atoms with E-state index >= 15 is 0 Å². The first-order valence-electron chi connectivity index (χ1n) is 8.33. The molecule has 1 fully saturated rings. The number of rotatable bonds is 4. The van der Waals surface area contributed by atoms with Crippen molar-refractivity contribution in [3.8, 4) is 0 Å². The van der Waals surface area contributed by atoms with Gasteiger partial charge in [-0.05, 0) is 43.2 Å². The van der Waals surface area contributed by atoms with E-state index < -0.39 is 10.0 Å². The molecular formula is C19H22N2O3S. The second-order valence-electron chi connectivity index (χ2n) is 6.29. The maximum atomic E-state index is 12.7. The fourth-order valence-electron chi connectivity index (χ4n) is 3.03. The molecule has 1 aliphatic rings. The summed E-state index contributed by atoms with van der Waals surface area (Å²) in [5, 5.41) is 0. The fourth-order valence-corrected chi connectivity index (χ4v) is 4.60. The second kappa shape index (κ2) is 6.88. The molecule has 0 N–H and O–H groups in total. The first kappa shape index (κ1) is 17.5. The van der Waals surface area contributed by atoms with E-state index in [0.717, 1.165) is 5.56 Å². The number of amides is 1. The molecule has 132 valence electrons. The van der Waals surface area contributed by atoms with Crippen LogP contribution in [0.1, 0.15) is 35.3 Å². The van der Waals surface area contributed by atoms with Gasteiger partial charge in [0.05, 0.1) is 17.5 Å². The summed E-state index contributed by atoms with van der Waals surface area (Å²) in [6.45, 7) is 2.49. The number of benzene rings is 2. The van der Waals surface area contributed by atoms with Crippen LogP contribution < -0.4 is 4.31 Å². The molecule has 3 rings (SSSR count). The Bertz CT molecular complexity index is 848. The summed E-state index contributed by atoms with van der Waals surface area (Å²) in [7, 11) is -1.42. The topological polar surface area (TPSA) is 57.7 Å². The largest absolute Gasteiger partial charge is 0.335 e. The Morgan fingerprint density at radius 3 is 2.28 bits per heavy atom. The molecule has 1 atom stereocenters. The van der Waals surface area contributed by atoms with Crippen LogP contribution in [0, 0.1) is 0 Å². The average Bonchev–Trinajstić information content (AvgIpc) is 3.00. The van der Waals surface area contributed by atoms with Crippen molar-refractivity contribution in [2.24, 2.45) is 0 Å². The molecule has 0 aliphatic carbocycles. The third-order valence-corrected chi connectivity index (χ3v) is 6.55. The highest BCUT2D eigenvalue weighted by atomic mass is 32.2. The summed E-state index contributed by atoms with van der Waals surface area (Å²) in [4.78, 5) is 14.4. The summed E-state index contributed by atoms with van der Waals surface area (Å²) in [5.41, 5.74) is 2.23. The number of anilines is 1. The third kappa shape index (κ3) is 3.54. The predicted octanol–water partition coefficient (Wildman–Crippen LogP) is 3.06. The van der Waals surface area contributed by atoms with Crippen molar-refractivity contribution in [3.63, 3.8) is 0 Å². The summed E-state index contributed by atoms with van der Waals surface area (Å²) in [6, 6.07) is 16.6. The van der Waals surface area contributed by atoms with Crippen LogP contribution in [0.3, 0.4) is 0 Å². The lowest BCUT2D eigenvalue weighted by atomic mass is 10.1. The van der Waals surface area contributed by atoms with Crippen molar-refractivity contribution in [2.45, 2.75) is 19.4 Å². The van der Waals surface area contributed by atoms with Gasteiger partial charge in [-0.3, -0.25) is 9.10 Å². The molecule has 0 saturated carbocycles. The van der Waals surface area contributed by atoms with Gasteiger partial charge in [0.25, 0.3) is 5.91 Å². The summed E-state index contributed by atoms with van der Waals surface area (Å²) < 4.78 is 25.4. The molecule has 0 aromatic heterocycles. The predicted molar refractivity (Wildman–Crippen MR) is 99.1 cm³/mol. The second-order valence-corrected chi connectivity index (χ2v) is 8.30. The highest BCUT2D eigenvalue weighted by Gasteiger charge is 2.28. The van der Waals surface area contributed by atoms with E-state index in [1.165, 1.54) is 4.31 Å². The lowest BCUT2D eigenvalue weighted by Crippen LogP contribution is -2.30. The number of hydrogen-bond donors (Lipinski definition) is 0. The van der Waals surface area contributed by atoms with Crippen molar-refractivity contribution < 1.29 is 13.2 Å². The standard InChI is InChI=1S/C19H22N2O3S/c1-15(16-7-4-3-5-8-16)20(2)19(22)17-9-11-18(12-10-17)21-13-6-14-25(21,23)24/h3-5,7-12,15H,6,13-14H2,1-2H3. The molecule has 2 aromatic rings. The average molecular weight is 358 g/mol. The van der Waals surface area contributed by atoms with Gasteiger partial charge >= 0.3 is 0 Å². The van der Waals surface area contributed by atoms with E-state index in [-0.39, 0.29) is 17.7 Å². The number of carbonyl (C=O) groups excluding carboxylic acids is 1. The maximum absolute atomic E-state index is 12.7. The van der Waals surface area contributed by atoms with Crippen molar-refractivity contribution in [3.05, 3.63) is 65.7 Å². The van der Waals surface area contributed by atoms with Gasteiger partial charge in [0.1, 0.15) is 0 Å². The third-order valence-electron chi connectivity index (χ3n) is 4.68. The molecule has 6 heteroatoms. The molecule has 0 bridgehead atoms. The molecular weight excluding hydrogens is 336 g/mol. The first-order valence-corrected chi connectivity index (χ1v) is 9.93. The minimum absolute atomic E-state index is 0.0488. The molecule has 25 heavy (non-hydrogen) atoms. The molecule has 1 unspecified atom stereocenters. The Labute approximate surface area is 148 Å². The minimum atomic E-state index is -3.20. The fraction of sp³-hybridized carbons (Fsp3) is 0.316. The van der Waals surface area contributed by atoms with Gasteiger partial charge in [-0.25, -0.2) is 8.42 Å². The van der Waals surface area contributed by atoms with Crippen LogP contribution in [0.15, 0.2) is 54.6 Å². The molecule has 0 radical (unpaired) electrons. The van der Waals surface area contributed by atoms with Crippen LogP contribution in [-0.2, 0) is 10.0 Å². The van der Waals surface area contributed by atoms with Crippen molar-refractivity contribution in [1.82, 2.24) is 4.90 Å². The quantitative estimate of drug-likeness (QED) is 0.844. The van der Waals surface area contributed by atoms with Crippen LogP contribution >= 0.6 is 0 Å².